The average Bonchev–Trinajstić information content (AvgIpc) is 3.68. The third-order valence-corrected chi connectivity index (χ3v) is 12.8. The minimum absolute atomic E-state index is 0.0234. The first-order valence-corrected chi connectivity index (χ1v) is 22.5. The van der Waals surface area contributed by atoms with Crippen molar-refractivity contribution in [1.82, 2.24) is 25.5 Å². The van der Waals surface area contributed by atoms with Crippen LogP contribution in [0.3, 0.4) is 0 Å². The molecule has 16 heteroatoms. The second-order valence-corrected chi connectivity index (χ2v) is 18.7. The van der Waals surface area contributed by atoms with E-state index in [1.807, 2.05) is 44.5 Å². The van der Waals surface area contributed by atoms with Gasteiger partial charge in [0.05, 0.1) is 16.0 Å². The number of rotatable bonds is 24. The van der Waals surface area contributed by atoms with E-state index in [4.69, 9.17) is 10.5 Å². The molecule has 0 aliphatic carbocycles. The topological polar surface area (TPSA) is 187 Å². The Morgan fingerprint density at radius 2 is 1.87 bits per heavy atom. The number of esters is 1. The number of thiazole rings is 1. The predicted octanol–water partition coefficient (Wildman–Crippen LogP) is 7.52. The van der Waals surface area contributed by atoms with Crippen LogP contribution in [0.2, 0.25) is 0 Å². The number of benzene rings is 1. The number of carboxylic acid groups (broad SMARTS) is 1. The summed E-state index contributed by atoms with van der Waals surface area (Å²) < 4.78 is 20.3. The first kappa shape index (κ1) is 50.2. The third-order valence-electron chi connectivity index (χ3n) is 11.8. The molecule has 2 amide bonds. The summed E-state index contributed by atoms with van der Waals surface area (Å²) in [6.07, 6.45) is 5.11. The van der Waals surface area contributed by atoms with E-state index in [2.05, 4.69) is 29.6 Å². The zero-order chi connectivity index (χ0) is 44.9. The van der Waals surface area contributed by atoms with Crippen molar-refractivity contribution in [2.24, 2.45) is 23.2 Å². The maximum absolute atomic E-state index is 14.9. The number of nitrogens with one attached hydrogen (secondary N) is 2. The molecule has 3 rings (SSSR count). The summed E-state index contributed by atoms with van der Waals surface area (Å²) in [5, 5.41) is 14.7. The highest BCUT2D eigenvalue weighted by Crippen LogP contribution is 2.33. The second-order valence-electron chi connectivity index (χ2n) is 17.8. The van der Waals surface area contributed by atoms with Crippen molar-refractivity contribution < 1.29 is 38.3 Å². The van der Waals surface area contributed by atoms with Gasteiger partial charge in [-0.3, -0.25) is 19.2 Å². The molecule has 1 saturated heterocycles. The normalized spacial score (nSPS) is 18.5. The molecule has 1 aliphatic heterocycles. The highest BCUT2D eigenvalue weighted by Gasteiger charge is 2.43. The molecule has 1 aromatic heterocycles. The van der Waals surface area contributed by atoms with Crippen LogP contribution in [0.5, 0.6) is 0 Å². The number of unbranched alkanes of at least 4 members (excludes halogenated alkanes) is 3. The van der Waals surface area contributed by atoms with Crippen LogP contribution in [0.1, 0.15) is 147 Å². The number of halogens is 1. The van der Waals surface area contributed by atoms with E-state index < -0.39 is 59.5 Å². The number of likely N-dealkylation sites (tertiary alicyclic amines) is 1. The van der Waals surface area contributed by atoms with Crippen molar-refractivity contribution in [1.29, 1.82) is 0 Å². The van der Waals surface area contributed by atoms with Crippen molar-refractivity contribution in [3.63, 3.8) is 0 Å². The number of aromatic nitrogens is 1. The summed E-state index contributed by atoms with van der Waals surface area (Å²) in [5.74, 6) is -2.86. The van der Waals surface area contributed by atoms with Crippen LogP contribution in [-0.2, 0) is 25.5 Å². The van der Waals surface area contributed by atoms with Crippen LogP contribution in [0, 0.1) is 33.9 Å². The Balaban J connectivity index is 1.95. The van der Waals surface area contributed by atoms with Crippen LogP contribution >= 0.6 is 11.3 Å². The number of carbonyl (C=O) groups excluding carboxylic acids is 3. The van der Waals surface area contributed by atoms with E-state index in [0.29, 0.717) is 35.9 Å². The maximum atomic E-state index is 14.9. The lowest BCUT2D eigenvalue weighted by Gasteiger charge is -2.39. The van der Waals surface area contributed by atoms with Crippen molar-refractivity contribution in [2.45, 2.75) is 157 Å². The Labute approximate surface area is 360 Å². The molecule has 1 aromatic carbocycles. The SMILES string of the molecule is CCCCCCN(C(=O)[C@@H](N[N+](=O)[C@H]1C[C@H](C)CCN1C)[C@@H](C)CC)[C@H](C[C@@H](OC(C)=O)c1nc(C(=O)N[C@@H](Cc2ccc(N)c(F)c2)CC(C)(C)C(=O)O)cs1)C(C)C. The smallest absolute Gasteiger partial charge is 0.309 e. The number of nitrogens with two attached hydrogens (primary N) is 1. The summed E-state index contributed by atoms with van der Waals surface area (Å²) in [7, 11) is 1.93. The van der Waals surface area contributed by atoms with Gasteiger partial charge < -0.3 is 25.8 Å². The lowest BCUT2D eigenvalue weighted by molar-refractivity contribution is -0.667. The van der Waals surface area contributed by atoms with Gasteiger partial charge in [-0.1, -0.05) is 73.3 Å². The van der Waals surface area contributed by atoms with E-state index in [0.717, 1.165) is 54.9 Å². The number of hydrogen-bond acceptors (Lipinski definition) is 10. The first-order chi connectivity index (χ1) is 28.2. The van der Waals surface area contributed by atoms with Crippen LogP contribution in [0.15, 0.2) is 23.6 Å². The van der Waals surface area contributed by atoms with Gasteiger partial charge in [-0.15, -0.1) is 16.8 Å². The largest absolute Gasteiger partial charge is 0.481 e. The second kappa shape index (κ2) is 23.2. The van der Waals surface area contributed by atoms with Crippen LogP contribution in [0.25, 0.3) is 0 Å². The molecule has 0 radical (unpaired) electrons. The van der Waals surface area contributed by atoms with E-state index >= 15 is 0 Å². The van der Waals surface area contributed by atoms with E-state index in [1.54, 1.807) is 25.3 Å². The average molecular weight is 861 g/mol. The third kappa shape index (κ3) is 14.5. The number of hydrogen-bond donors (Lipinski definition) is 4. The van der Waals surface area contributed by atoms with Crippen molar-refractivity contribution in [2.75, 3.05) is 25.9 Å². The molecule has 0 unspecified atom stereocenters. The number of nitroso groups, excluding NO2 is 1. The molecular formula is C44H71FN7O7S+. The van der Waals surface area contributed by atoms with Gasteiger partial charge in [0.2, 0.25) is 0 Å². The van der Waals surface area contributed by atoms with Crippen LogP contribution in [0.4, 0.5) is 10.1 Å². The van der Waals surface area contributed by atoms with E-state index in [9.17, 15) is 33.6 Å². The molecule has 14 nitrogen and oxygen atoms in total. The van der Waals surface area contributed by atoms with Gasteiger partial charge >= 0.3 is 11.9 Å². The van der Waals surface area contributed by atoms with Gasteiger partial charge in [0.1, 0.15) is 21.4 Å². The zero-order valence-corrected chi connectivity index (χ0v) is 38.3. The van der Waals surface area contributed by atoms with Crippen molar-refractivity contribution >= 4 is 40.8 Å². The zero-order valence-electron chi connectivity index (χ0n) is 37.5. The van der Waals surface area contributed by atoms with Gasteiger partial charge in [-0.05, 0) is 82.0 Å². The van der Waals surface area contributed by atoms with Crippen molar-refractivity contribution in [3.05, 3.63) is 50.6 Å². The molecule has 5 N–H and O–H groups in total. The number of carbonyl (C=O) groups is 4. The summed E-state index contributed by atoms with van der Waals surface area (Å²) in [4.78, 5) is 76.6. The van der Waals surface area contributed by atoms with Gasteiger partial charge in [-0.25, -0.2) is 14.3 Å². The molecule has 2 heterocycles. The molecule has 0 saturated carbocycles. The minimum Gasteiger partial charge on any atom is -0.481 e. The van der Waals surface area contributed by atoms with Crippen LogP contribution in [-0.4, -0.2) is 92.9 Å². The van der Waals surface area contributed by atoms with Crippen LogP contribution < -0.4 is 16.5 Å². The quantitative estimate of drug-likeness (QED) is 0.0269. The Kier molecular flexibility index (Phi) is 19.4. The maximum Gasteiger partial charge on any atom is 0.309 e. The van der Waals surface area contributed by atoms with Crippen molar-refractivity contribution in [3.8, 4) is 0 Å². The van der Waals surface area contributed by atoms with E-state index in [1.165, 1.54) is 19.1 Å². The molecular weight excluding hydrogens is 790 g/mol. The summed E-state index contributed by atoms with van der Waals surface area (Å²) in [6, 6.07) is 2.39. The number of hydrazine groups is 1. The molecule has 1 aliphatic rings. The molecule has 60 heavy (non-hydrogen) atoms. The first-order valence-electron chi connectivity index (χ1n) is 21.6. The van der Waals surface area contributed by atoms with Gasteiger partial charge in [0.15, 0.2) is 12.1 Å². The number of carboxylic acids is 1. The number of amides is 2. The van der Waals surface area contributed by atoms with Gasteiger partial charge in [-0.2, -0.15) is 0 Å². The monoisotopic (exact) mass is 861 g/mol. The molecule has 1 fully saturated rings. The molecule has 0 bridgehead atoms. The van der Waals surface area contributed by atoms with Gasteiger partial charge in [0, 0.05) is 50.3 Å². The Hall–Kier alpha value is -4.18. The standard InChI is InChI=1S/C44H70FN7O7S/c1-11-13-14-15-19-51(42(55)39(29(6)12-2)49-52(58)38-21-28(5)18-20-50(38)10)36(27(3)4)24-37(59-30(7)53)41-48-35(26-60-41)40(54)47-32(25-44(8,9)43(56)57)22-31-16-17-34(46)33(45)23-31/h16-17,23,26-29,32,36-39H,11-15,18-22,24-25,46H2,1-10H3,(H2-,47,49,54,56,57,58)/p+1/t28-,29+,32+,36-,37-,38+,39+/m1/s1. The molecule has 7 atom stereocenters. The van der Waals surface area contributed by atoms with E-state index in [-0.39, 0.29) is 48.4 Å². The lowest BCUT2D eigenvalue weighted by Crippen LogP contribution is -2.59. The van der Waals surface area contributed by atoms with Gasteiger partial charge in [0.25, 0.3) is 18.0 Å². The number of piperidine rings is 1. The predicted molar refractivity (Wildman–Crippen MR) is 232 cm³/mol. The fraction of sp³-hybridized carbons (Fsp3) is 0.705. The summed E-state index contributed by atoms with van der Waals surface area (Å²) in [6.45, 7) is 17.9. The Bertz CT molecular complexity index is 1760. The Morgan fingerprint density at radius 1 is 1.17 bits per heavy atom. The minimum atomic E-state index is -1.22. The fourth-order valence-corrected chi connectivity index (χ4v) is 8.59. The number of nitrogen functional groups attached to an aromatic ring is 1. The number of anilines is 1. The summed E-state index contributed by atoms with van der Waals surface area (Å²) in [5.41, 5.74) is 8.10. The number of aliphatic carboxylic acids is 1. The summed E-state index contributed by atoms with van der Waals surface area (Å²) >= 11 is 1.14. The Morgan fingerprint density at radius 3 is 2.47 bits per heavy atom. The fourth-order valence-electron chi connectivity index (χ4n) is 7.75. The molecule has 0 spiro atoms. The molecule has 336 valence electrons. The lowest BCUT2D eigenvalue weighted by atomic mass is 9.84. The highest BCUT2D eigenvalue weighted by atomic mass is 32.1. The number of ether oxygens (including phenoxy) is 1. The highest BCUT2D eigenvalue weighted by molar-refractivity contribution is 7.09. The number of nitrogens with zero attached hydrogens (tertiary/aromatic N) is 4. The molecule has 2 aromatic rings.